The van der Waals surface area contributed by atoms with Gasteiger partial charge in [0, 0.05) is 31.5 Å². The van der Waals surface area contributed by atoms with Crippen LogP contribution < -0.4 is 0 Å². The lowest BCUT2D eigenvalue weighted by Crippen LogP contribution is -2.36. The topological polar surface area (TPSA) is 29.5 Å². The highest BCUT2D eigenvalue weighted by molar-refractivity contribution is 5.85. The zero-order valence-electron chi connectivity index (χ0n) is 14.3. The molecular weight excluding hydrogens is 298 g/mol. The number of hydrogen-bond donors (Lipinski definition) is 0. The van der Waals surface area contributed by atoms with E-state index >= 15 is 0 Å². The van der Waals surface area contributed by atoms with Gasteiger partial charge in [0.15, 0.2) is 0 Å². The van der Waals surface area contributed by atoms with Crippen molar-refractivity contribution in [1.82, 2.24) is 4.90 Å². The average Bonchev–Trinajstić information content (AvgIpc) is 3.26. The van der Waals surface area contributed by atoms with Crippen molar-refractivity contribution in [2.24, 2.45) is 11.8 Å². The number of carbonyl (C=O) groups excluding carboxylic acids is 1. The molecule has 0 N–H and O–H groups in total. The largest absolute Gasteiger partial charge is 0.381 e. The number of hydrogen-bond acceptors (Lipinski definition) is 2. The maximum Gasteiger partial charge on any atom is 0.226 e. The molecule has 1 saturated carbocycles. The molecule has 1 amide bonds. The molecule has 1 heterocycles. The first-order valence-electron chi connectivity index (χ1n) is 9.11. The summed E-state index contributed by atoms with van der Waals surface area (Å²) in [7, 11) is 0. The Balaban J connectivity index is 1.44. The molecule has 2 aromatic rings. The van der Waals surface area contributed by atoms with Gasteiger partial charge in [0.2, 0.25) is 5.91 Å². The third-order valence-corrected chi connectivity index (χ3v) is 5.51. The molecule has 0 aromatic heterocycles. The number of benzene rings is 2. The number of amides is 1. The summed E-state index contributed by atoms with van der Waals surface area (Å²) in [4.78, 5) is 14.9. The molecule has 0 bridgehead atoms. The van der Waals surface area contributed by atoms with Crippen LogP contribution in [0.5, 0.6) is 0 Å². The van der Waals surface area contributed by atoms with E-state index in [1.807, 2.05) is 4.90 Å². The molecule has 126 valence electrons. The molecule has 3 heteroatoms. The second kappa shape index (κ2) is 6.56. The van der Waals surface area contributed by atoms with Gasteiger partial charge in [-0.25, -0.2) is 0 Å². The minimum absolute atomic E-state index is 0.174. The molecule has 2 aliphatic rings. The van der Waals surface area contributed by atoms with Crippen molar-refractivity contribution in [3.05, 3.63) is 48.0 Å². The van der Waals surface area contributed by atoms with Gasteiger partial charge in [-0.2, -0.15) is 0 Å². The number of ether oxygens (including phenoxy) is 1. The van der Waals surface area contributed by atoms with Crippen LogP contribution in [0.4, 0.5) is 0 Å². The van der Waals surface area contributed by atoms with Crippen LogP contribution in [0, 0.1) is 11.8 Å². The van der Waals surface area contributed by atoms with Crippen molar-refractivity contribution >= 4 is 16.7 Å². The molecule has 1 aliphatic carbocycles. The smallest absolute Gasteiger partial charge is 0.226 e. The van der Waals surface area contributed by atoms with E-state index in [-0.39, 0.29) is 5.92 Å². The van der Waals surface area contributed by atoms with Crippen molar-refractivity contribution in [1.29, 1.82) is 0 Å². The minimum atomic E-state index is 0.174. The Labute approximate surface area is 143 Å². The molecular formula is C21H25NO2. The van der Waals surface area contributed by atoms with Crippen molar-refractivity contribution in [3.8, 4) is 0 Å². The Hall–Kier alpha value is -1.87. The molecule has 0 unspecified atom stereocenters. The van der Waals surface area contributed by atoms with Crippen LogP contribution >= 0.6 is 0 Å². The van der Waals surface area contributed by atoms with Gasteiger partial charge in [-0.15, -0.1) is 0 Å². The van der Waals surface area contributed by atoms with Crippen molar-refractivity contribution in [3.63, 3.8) is 0 Å². The molecule has 1 saturated heterocycles. The third kappa shape index (κ3) is 3.05. The molecule has 24 heavy (non-hydrogen) atoms. The number of carbonyl (C=O) groups is 1. The van der Waals surface area contributed by atoms with Crippen molar-refractivity contribution in [2.45, 2.75) is 25.7 Å². The predicted octanol–water partition coefficient (Wildman–Crippen LogP) is 3.83. The summed E-state index contributed by atoms with van der Waals surface area (Å²) in [6.07, 6.45) is 2.08. The molecule has 3 atom stereocenters. The van der Waals surface area contributed by atoms with Crippen LogP contribution in [0.1, 0.15) is 31.2 Å². The Morgan fingerprint density at radius 1 is 1.21 bits per heavy atom. The Morgan fingerprint density at radius 2 is 2.04 bits per heavy atom. The maximum absolute atomic E-state index is 12.9. The standard InChI is InChI=1S/C21H25NO2/c1-2-22(13-15-9-10-24-14-15)21(23)20-12-19(20)18-8-7-16-5-3-4-6-17(16)11-18/h3-8,11,15,19-20H,2,9-10,12-14H2,1H3/t15-,19+,20+/m0/s1. The lowest BCUT2D eigenvalue weighted by molar-refractivity contribution is -0.133. The maximum atomic E-state index is 12.9. The fourth-order valence-corrected chi connectivity index (χ4v) is 3.92. The van der Waals surface area contributed by atoms with Gasteiger partial charge < -0.3 is 9.64 Å². The number of nitrogens with zero attached hydrogens (tertiary/aromatic N) is 1. The van der Waals surface area contributed by atoms with Crippen molar-refractivity contribution < 1.29 is 9.53 Å². The minimum Gasteiger partial charge on any atom is -0.381 e. The second-order valence-corrected chi connectivity index (χ2v) is 7.16. The molecule has 4 rings (SSSR count). The van der Waals surface area contributed by atoms with Gasteiger partial charge in [-0.3, -0.25) is 4.79 Å². The van der Waals surface area contributed by atoms with E-state index in [0.717, 1.165) is 39.1 Å². The zero-order valence-corrected chi connectivity index (χ0v) is 14.3. The molecule has 2 aromatic carbocycles. The average molecular weight is 323 g/mol. The first-order chi connectivity index (χ1) is 11.8. The van der Waals surface area contributed by atoms with E-state index < -0.39 is 0 Å². The van der Waals surface area contributed by atoms with E-state index in [0.29, 0.717) is 17.7 Å². The summed E-state index contributed by atoms with van der Waals surface area (Å²) in [5.74, 6) is 1.43. The van der Waals surface area contributed by atoms with Gasteiger partial charge in [0.05, 0.1) is 6.61 Å². The van der Waals surface area contributed by atoms with E-state index in [1.165, 1.54) is 16.3 Å². The summed E-state index contributed by atoms with van der Waals surface area (Å²) in [6.45, 7) is 5.40. The highest BCUT2D eigenvalue weighted by Crippen LogP contribution is 2.49. The monoisotopic (exact) mass is 323 g/mol. The fourth-order valence-electron chi connectivity index (χ4n) is 3.92. The lowest BCUT2D eigenvalue weighted by atomic mass is 10.0. The van der Waals surface area contributed by atoms with Crippen LogP contribution in [0.2, 0.25) is 0 Å². The fraction of sp³-hybridized carbons (Fsp3) is 0.476. The summed E-state index contributed by atoms with van der Waals surface area (Å²) >= 11 is 0. The second-order valence-electron chi connectivity index (χ2n) is 7.16. The summed E-state index contributed by atoms with van der Waals surface area (Å²) in [5, 5.41) is 2.53. The van der Waals surface area contributed by atoms with Gasteiger partial charge in [-0.1, -0.05) is 42.5 Å². The van der Waals surface area contributed by atoms with Crippen LogP contribution in [0.3, 0.4) is 0 Å². The van der Waals surface area contributed by atoms with Crippen LogP contribution in [0.25, 0.3) is 10.8 Å². The molecule has 2 fully saturated rings. The van der Waals surface area contributed by atoms with Crippen molar-refractivity contribution in [2.75, 3.05) is 26.3 Å². The van der Waals surface area contributed by atoms with Crippen LogP contribution in [-0.2, 0) is 9.53 Å². The third-order valence-electron chi connectivity index (χ3n) is 5.51. The highest BCUT2D eigenvalue weighted by atomic mass is 16.5. The Morgan fingerprint density at radius 3 is 2.79 bits per heavy atom. The first-order valence-corrected chi connectivity index (χ1v) is 9.11. The van der Waals surface area contributed by atoms with Gasteiger partial charge in [-0.05, 0) is 42.0 Å². The summed E-state index contributed by atoms with van der Waals surface area (Å²) < 4.78 is 5.45. The summed E-state index contributed by atoms with van der Waals surface area (Å²) in [5.41, 5.74) is 1.31. The summed E-state index contributed by atoms with van der Waals surface area (Å²) in [6, 6.07) is 15.1. The van der Waals surface area contributed by atoms with E-state index in [9.17, 15) is 4.79 Å². The van der Waals surface area contributed by atoms with E-state index in [1.54, 1.807) is 0 Å². The van der Waals surface area contributed by atoms with Gasteiger partial charge >= 0.3 is 0 Å². The molecule has 1 aliphatic heterocycles. The number of fused-ring (bicyclic) bond motifs is 1. The van der Waals surface area contributed by atoms with Crippen LogP contribution in [0.15, 0.2) is 42.5 Å². The molecule has 3 nitrogen and oxygen atoms in total. The van der Waals surface area contributed by atoms with Crippen LogP contribution in [-0.4, -0.2) is 37.1 Å². The highest BCUT2D eigenvalue weighted by Gasteiger charge is 2.45. The predicted molar refractivity (Wildman–Crippen MR) is 96.0 cm³/mol. The van der Waals surface area contributed by atoms with E-state index in [2.05, 4.69) is 49.4 Å². The molecule has 0 radical (unpaired) electrons. The quantitative estimate of drug-likeness (QED) is 0.837. The Bertz CT molecular complexity index is 735. The normalized spacial score (nSPS) is 25.8. The van der Waals surface area contributed by atoms with Gasteiger partial charge in [0.1, 0.15) is 0 Å². The first kappa shape index (κ1) is 15.6. The molecule has 0 spiro atoms. The zero-order chi connectivity index (χ0) is 16.5. The SMILES string of the molecule is CCN(C[C@@H]1CCOC1)C(=O)[C@@H]1C[C@@H]1c1ccc2ccccc2c1. The van der Waals surface area contributed by atoms with E-state index in [4.69, 9.17) is 4.74 Å². The number of rotatable bonds is 5. The lowest BCUT2D eigenvalue weighted by Gasteiger charge is -2.24. The Kier molecular flexibility index (Phi) is 4.28. The van der Waals surface area contributed by atoms with Gasteiger partial charge in [0.25, 0.3) is 0 Å².